The van der Waals surface area contributed by atoms with Crippen molar-refractivity contribution in [1.82, 2.24) is 14.9 Å². The van der Waals surface area contributed by atoms with E-state index >= 15 is 0 Å². The van der Waals surface area contributed by atoms with Gasteiger partial charge in [-0.2, -0.15) is 0 Å². The average molecular weight is 263 g/mol. The molecule has 0 amide bonds. The summed E-state index contributed by atoms with van der Waals surface area (Å²) in [7, 11) is 0. The largest absolute Gasteiger partial charge is 0.328 e. The van der Waals surface area contributed by atoms with E-state index in [1.165, 1.54) is 18.2 Å². The van der Waals surface area contributed by atoms with Gasteiger partial charge >= 0.3 is 5.69 Å². The maximum Gasteiger partial charge on any atom is 0.328 e. The van der Waals surface area contributed by atoms with E-state index < -0.39 is 17.1 Å². The van der Waals surface area contributed by atoms with Gasteiger partial charge in [-0.05, 0) is 31.5 Å². The Hall–Kier alpha value is -1.95. The molecule has 0 bridgehead atoms. The molecule has 1 aromatic carbocycles. The molecule has 1 unspecified atom stereocenters. The van der Waals surface area contributed by atoms with Crippen LogP contribution < -0.4 is 16.6 Å². The van der Waals surface area contributed by atoms with Crippen molar-refractivity contribution in [3.05, 3.63) is 44.9 Å². The SMILES string of the molecule is O=c1[nH]c2c(F)cccc2c(=O)n1CC1CCCN1. The van der Waals surface area contributed by atoms with Crippen molar-refractivity contribution in [2.24, 2.45) is 0 Å². The molecule has 2 aromatic rings. The van der Waals surface area contributed by atoms with Crippen LogP contribution in [0.5, 0.6) is 0 Å². The highest BCUT2D eigenvalue weighted by Crippen LogP contribution is 2.10. The lowest BCUT2D eigenvalue weighted by Crippen LogP contribution is -2.41. The molecule has 6 heteroatoms. The number of aromatic amines is 1. The lowest BCUT2D eigenvalue weighted by molar-refractivity contribution is 0.486. The van der Waals surface area contributed by atoms with Crippen molar-refractivity contribution in [1.29, 1.82) is 0 Å². The van der Waals surface area contributed by atoms with Crippen LogP contribution in [0, 0.1) is 5.82 Å². The number of H-pyrrole nitrogens is 1. The first-order chi connectivity index (χ1) is 9.16. The number of fused-ring (bicyclic) bond motifs is 1. The first-order valence-electron chi connectivity index (χ1n) is 6.31. The summed E-state index contributed by atoms with van der Waals surface area (Å²) in [6.07, 6.45) is 1.98. The monoisotopic (exact) mass is 263 g/mol. The van der Waals surface area contributed by atoms with Crippen LogP contribution in [0.25, 0.3) is 10.9 Å². The Morgan fingerprint density at radius 2 is 2.21 bits per heavy atom. The standard InChI is InChI=1S/C13H14FN3O2/c14-10-5-1-4-9-11(10)16-13(19)17(12(9)18)7-8-3-2-6-15-8/h1,4-5,8,15H,2-3,6-7H2,(H,16,19). The third-order valence-electron chi connectivity index (χ3n) is 3.53. The van der Waals surface area contributed by atoms with Gasteiger partial charge in [0.05, 0.1) is 10.9 Å². The molecule has 1 aliphatic rings. The fourth-order valence-corrected chi connectivity index (χ4v) is 2.54. The molecule has 1 saturated heterocycles. The molecule has 0 radical (unpaired) electrons. The fraction of sp³-hybridized carbons (Fsp3) is 0.385. The number of aromatic nitrogens is 2. The van der Waals surface area contributed by atoms with Crippen LogP contribution in [-0.4, -0.2) is 22.1 Å². The summed E-state index contributed by atoms with van der Waals surface area (Å²) in [6.45, 7) is 1.22. The zero-order chi connectivity index (χ0) is 13.4. The van der Waals surface area contributed by atoms with Crippen molar-refractivity contribution in [2.75, 3.05) is 6.54 Å². The molecular formula is C13H14FN3O2. The van der Waals surface area contributed by atoms with E-state index in [1.54, 1.807) is 0 Å². The molecule has 1 fully saturated rings. The van der Waals surface area contributed by atoms with Gasteiger partial charge in [-0.25, -0.2) is 9.18 Å². The fourth-order valence-electron chi connectivity index (χ4n) is 2.54. The number of nitrogens with zero attached hydrogens (tertiary/aromatic N) is 1. The molecule has 5 nitrogen and oxygen atoms in total. The molecule has 1 aliphatic heterocycles. The molecule has 3 rings (SSSR count). The molecule has 19 heavy (non-hydrogen) atoms. The Labute approximate surface area is 108 Å². The second-order valence-corrected chi connectivity index (χ2v) is 4.80. The summed E-state index contributed by atoms with van der Waals surface area (Å²) in [6, 6.07) is 4.34. The molecule has 0 saturated carbocycles. The van der Waals surface area contributed by atoms with Crippen molar-refractivity contribution in [3.8, 4) is 0 Å². The Bertz CT molecular complexity index is 729. The minimum atomic E-state index is -0.585. The van der Waals surface area contributed by atoms with E-state index in [0.29, 0.717) is 6.54 Å². The zero-order valence-electron chi connectivity index (χ0n) is 10.3. The Morgan fingerprint density at radius 3 is 2.95 bits per heavy atom. The zero-order valence-corrected chi connectivity index (χ0v) is 10.3. The van der Waals surface area contributed by atoms with E-state index in [4.69, 9.17) is 0 Å². The van der Waals surface area contributed by atoms with Crippen LogP contribution >= 0.6 is 0 Å². The molecule has 1 atom stereocenters. The Morgan fingerprint density at radius 1 is 1.37 bits per heavy atom. The second-order valence-electron chi connectivity index (χ2n) is 4.80. The smallest absolute Gasteiger partial charge is 0.312 e. The normalized spacial score (nSPS) is 19.1. The van der Waals surface area contributed by atoms with Crippen molar-refractivity contribution >= 4 is 10.9 Å². The van der Waals surface area contributed by atoms with Gasteiger partial charge in [0.1, 0.15) is 5.82 Å². The Kier molecular flexibility index (Phi) is 2.94. The number of para-hydroxylation sites is 1. The van der Waals surface area contributed by atoms with Crippen LogP contribution in [0.3, 0.4) is 0 Å². The highest BCUT2D eigenvalue weighted by Gasteiger charge is 2.18. The first-order valence-corrected chi connectivity index (χ1v) is 6.31. The van der Waals surface area contributed by atoms with E-state index in [2.05, 4.69) is 10.3 Å². The quantitative estimate of drug-likeness (QED) is 0.833. The van der Waals surface area contributed by atoms with E-state index in [-0.39, 0.29) is 16.9 Å². The molecule has 0 aliphatic carbocycles. The van der Waals surface area contributed by atoms with Crippen molar-refractivity contribution in [2.45, 2.75) is 25.4 Å². The third-order valence-corrected chi connectivity index (χ3v) is 3.53. The van der Waals surface area contributed by atoms with Crippen LogP contribution in [-0.2, 0) is 6.54 Å². The number of rotatable bonds is 2. The lowest BCUT2D eigenvalue weighted by Gasteiger charge is -2.12. The second kappa shape index (κ2) is 4.62. The Balaban J connectivity index is 2.15. The van der Waals surface area contributed by atoms with Crippen molar-refractivity contribution in [3.63, 3.8) is 0 Å². The van der Waals surface area contributed by atoms with Gasteiger partial charge in [0.2, 0.25) is 0 Å². The van der Waals surface area contributed by atoms with Crippen LogP contribution in [0.15, 0.2) is 27.8 Å². The number of nitrogens with one attached hydrogen (secondary N) is 2. The van der Waals surface area contributed by atoms with Crippen molar-refractivity contribution < 1.29 is 4.39 Å². The summed E-state index contributed by atoms with van der Waals surface area (Å²) in [4.78, 5) is 26.6. The average Bonchev–Trinajstić information content (AvgIpc) is 2.89. The minimum Gasteiger partial charge on any atom is -0.312 e. The molecule has 2 heterocycles. The van der Waals surface area contributed by atoms with Gasteiger partial charge in [-0.1, -0.05) is 6.07 Å². The molecule has 1 aromatic heterocycles. The van der Waals surface area contributed by atoms with Gasteiger partial charge in [0.15, 0.2) is 0 Å². The topological polar surface area (TPSA) is 66.9 Å². The maximum absolute atomic E-state index is 13.6. The highest BCUT2D eigenvalue weighted by atomic mass is 19.1. The predicted octanol–water partition coefficient (Wildman–Crippen LogP) is 0.581. The number of halogens is 1. The summed E-state index contributed by atoms with van der Waals surface area (Å²) < 4.78 is 14.7. The molecule has 0 spiro atoms. The summed E-state index contributed by atoms with van der Waals surface area (Å²) in [5.41, 5.74) is -1.02. The van der Waals surface area contributed by atoms with Gasteiger partial charge in [-0.3, -0.25) is 9.36 Å². The lowest BCUT2D eigenvalue weighted by atomic mass is 10.2. The van der Waals surface area contributed by atoms with Gasteiger partial charge in [-0.15, -0.1) is 0 Å². The minimum absolute atomic E-state index is 0.0202. The van der Waals surface area contributed by atoms with Crippen LogP contribution in [0.4, 0.5) is 4.39 Å². The number of benzene rings is 1. The van der Waals surface area contributed by atoms with Crippen LogP contribution in [0.1, 0.15) is 12.8 Å². The maximum atomic E-state index is 13.6. The highest BCUT2D eigenvalue weighted by molar-refractivity contribution is 5.77. The summed E-state index contributed by atoms with van der Waals surface area (Å²) >= 11 is 0. The van der Waals surface area contributed by atoms with Gasteiger partial charge < -0.3 is 10.3 Å². The summed E-state index contributed by atoms with van der Waals surface area (Å²) in [5, 5.41) is 3.44. The molecule has 2 N–H and O–H groups in total. The molecule has 100 valence electrons. The third kappa shape index (κ3) is 2.08. The number of hydrogen-bond donors (Lipinski definition) is 2. The van der Waals surface area contributed by atoms with Gasteiger partial charge in [0.25, 0.3) is 5.56 Å². The first kappa shape index (κ1) is 12.1. The van der Waals surface area contributed by atoms with E-state index in [9.17, 15) is 14.0 Å². The number of hydrogen-bond acceptors (Lipinski definition) is 3. The van der Waals surface area contributed by atoms with Gasteiger partial charge in [0, 0.05) is 12.6 Å². The van der Waals surface area contributed by atoms with E-state index in [1.807, 2.05) is 0 Å². The predicted molar refractivity (Wildman–Crippen MR) is 69.8 cm³/mol. The molecular weight excluding hydrogens is 249 g/mol. The summed E-state index contributed by atoms with van der Waals surface area (Å²) in [5.74, 6) is -0.585. The van der Waals surface area contributed by atoms with E-state index in [0.717, 1.165) is 24.0 Å². The van der Waals surface area contributed by atoms with Crippen LogP contribution in [0.2, 0.25) is 0 Å².